The topological polar surface area (TPSA) is 67.8 Å². The molecule has 3 N–H and O–H groups in total. The Hall–Kier alpha value is -1.69. The van der Waals surface area contributed by atoms with Crippen LogP contribution in [0, 0.1) is 11.8 Å². The van der Waals surface area contributed by atoms with Crippen LogP contribution in [0.4, 0.5) is 0 Å². The van der Waals surface area contributed by atoms with Crippen molar-refractivity contribution in [3.63, 3.8) is 0 Å². The smallest absolute Gasteiger partial charge is 0.326 e. The molecule has 1 aliphatic carbocycles. The van der Waals surface area contributed by atoms with Gasteiger partial charge in [0.25, 0.3) is 0 Å². The van der Waals surface area contributed by atoms with Crippen molar-refractivity contribution in [2.24, 2.45) is 22.6 Å². The van der Waals surface area contributed by atoms with Crippen LogP contribution in [0.3, 0.4) is 0 Å². The molecule has 2 unspecified atom stereocenters. The maximum Gasteiger partial charge on any atom is 0.326 e. The number of hydrogen-bond acceptors (Lipinski definition) is 4. The minimum absolute atomic E-state index is 0.118. The summed E-state index contributed by atoms with van der Waals surface area (Å²) in [7, 11) is 1.79. The first kappa shape index (κ1) is 22.6. The summed E-state index contributed by atoms with van der Waals surface area (Å²) >= 11 is 0. The van der Waals surface area contributed by atoms with Gasteiger partial charge in [0.15, 0.2) is 0 Å². The molecule has 0 saturated heterocycles. The zero-order chi connectivity index (χ0) is 20.8. The Kier molecular flexibility index (Phi) is 7.82. The minimum atomic E-state index is -0.957. The number of hydrogen-bond donors (Lipinski definition) is 2. The third-order valence-corrected chi connectivity index (χ3v) is 5.65. The fraction of sp³-hybridized carbons (Fsp3) is 0.522. The normalized spacial score (nSPS) is 21.8. The van der Waals surface area contributed by atoms with E-state index in [1.807, 2.05) is 26.1 Å². The quantitative estimate of drug-likeness (QED) is 0.473. The zero-order valence-electron chi connectivity index (χ0n) is 17.7. The van der Waals surface area contributed by atoms with E-state index in [0.29, 0.717) is 6.54 Å². The number of aliphatic hydroxyl groups is 1. The van der Waals surface area contributed by atoms with Crippen LogP contribution in [0.15, 0.2) is 64.6 Å². The Labute approximate surface area is 170 Å². The standard InChI is InChI=1S/C23H34BN2O2/c1-6-7-9-17(15-25)19-12-20(18-10-8-11-26-16-18)14-21(13-19)24-28-23(4,5)22(2,3)27/h6-7,9-10,12-13,16-17,20,27H,1,8,11,14-15,25H2,2-5H3/b9-7-. The van der Waals surface area contributed by atoms with E-state index >= 15 is 0 Å². The number of rotatable bonds is 9. The molecule has 1 aliphatic heterocycles. The van der Waals surface area contributed by atoms with Gasteiger partial charge in [-0.1, -0.05) is 48.5 Å². The van der Waals surface area contributed by atoms with E-state index in [0.717, 1.165) is 24.9 Å². The second kappa shape index (κ2) is 9.68. The van der Waals surface area contributed by atoms with Gasteiger partial charge >= 0.3 is 7.48 Å². The summed E-state index contributed by atoms with van der Waals surface area (Å²) in [6.07, 6.45) is 16.3. The minimum Gasteiger partial charge on any atom is -0.427 e. The van der Waals surface area contributed by atoms with E-state index in [1.54, 1.807) is 27.4 Å². The lowest BCUT2D eigenvalue weighted by Crippen LogP contribution is -2.48. The molecule has 0 bridgehead atoms. The van der Waals surface area contributed by atoms with Crippen molar-refractivity contribution >= 4 is 13.7 Å². The van der Waals surface area contributed by atoms with Gasteiger partial charge in [-0.2, -0.15) is 0 Å². The molecule has 0 aromatic carbocycles. The molecule has 1 radical (unpaired) electrons. The van der Waals surface area contributed by atoms with Crippen molar-refractivity contribution < 1.29 is 9.76 Å². The van der Waals surface area contributed by atoms with Crippen LogP contribution in [-0.4, -0.2) is 43.1 Å². The van der Waals surface area contributed by atoms with Crippen LogP contribution in [-0.2, 0) is 4.65 Å². The van der Waals surface area contributed by atoms with Crippen LogP contribution >= 0.6 is 0 Å². The average Bonchev–Trinajstić information content (AvgIpc) is 2.67. The first-order valence-corrected chi connectivity index (χ1v) is 10.0. The molecule has 4 nitrogen and oxygen atoms in total. The van der Waals surface area contributed by atoms with Crippen molar-refractivity contribution in [2.45, 2.75) is 51.7 Å². The highest BCUT2D eigenvalue weighted by atomic mass is 16.5. The summed E-state index contributed by atoms with van der Waals surface area (Å²) in [5, 5.41) is 10.4. The first-order valence-electron chi connectivity index (χ1n) is 10.0. The highest BCUT2D eigenvalue weighted by Crippen LogP contribution is 2.33. The van der Waals surface area contributed by atoms with Crippen LogP contribution < -0.4 is 5.73 Å². The predicted molar refractivity (Wildman–Crippen MR) is 119 cm³/mol. The summed E-state index contributed by atoms with van der Waals surface area (Å²) < 4.78 is 6.02. The molecule has 0 fully saturated rings. The number of allylic oxidation sites excluding steroid dienone is 6. The van der Waals surface area contributed by atoms with Crippen LogP contribution in [0.1, 0.15) is 40.5 Å². The Balaban J connectivity index is 2.27. The second-order valence-electron chi connectivity index (χ2n) is 8.49. The third-order valence-electron chi connectivity index (χ3n) is 5.65. The Morgan fingerprint density at radius 2 is 2.18 bits per heavy atom. The number of dihydropyridines is 1. The molecule has 2 aliphatic rings. The Morgan fingerprint density at radius 1 is 1.43 bits per heavy atom. The van der Waals surface area contributed by atoms with Gasteiger partial charge in [-0.15, -0.1) is 0 Å². The molecule has 0 saturated carbocycles. The van der Waals surface area contributed by atoms with E-state index in [4.69, 9.17) is 10.4 Å². The summed E-state index contributed by atoms with van der Waals surface area (Å²) in [5.74, 6) is 0.364. The van der Waals surface area contributed by atoms with Gasteiger partial charge in [-0.3, -0.25) is 4.99 Å². The molecule has 0 aromatic heterocycles. The lowest BCUT2D eigenvalue weighted by molar-refractivity contribution is -0.0897. The molecule has 2 rings (SSSR count). The van der Waals surface area contributed by atoms with Crippen molar-refractivity contribution in [2.75, 3.05) is 13.1 Å². The molecular weight excluding hydrogens is 347 g/mol. The third kappa shape index (κ3) is 5.90. The van der Waals surface area contributed by atoms with Gasteiger partial charge < -0.3 is 15.5 Å². The first-order chi connectivity index (χ1) is 13.2. The van der Waals surface area contributed by atoms with Gasteiger partial charge in [-0.05, 0) is 51.7 Å². The summed E-state index contributed by atoms with van der Waals surface area (Å²) in [4.78, 5) is 4.45. The molecule has 0 aromatic rings. The second-order valence-corrected chi connectivity index (χ2v) is 8.49. The van der Waals surface area contributed by atoms with Gasteiger partial charge in [0.1, 0.15) is 0 Å². The summed E-state index contributed by atoms with van der Waals surface area (Å²) in [6.45, 7) is 12.5. The molecule has 0 spiro atoms. The number of aliphatic imine (C=N–C) groups is 1. The van der Waals surface area contributed by atoms with Gasteiger partial charge in [0, 0.05) is 31.1 Å². The molecule has 28 heavy (non-hydrogen) atoms. The van der Waals surface area contributed by atoms with Gasteiger partial charge in [0.05, 0.1) is 11.2 Å². The van der Waals surface area contributed by atoms with Crippen molar-refractivity contribution in [3.05, 3.63) is 59.7 Å². The molecule has 0 amide bonds. The molecule has 2 atom stereocenters. The lowest BCUT2D eigenvalue weighted by atomic mass is 9.71. The largest absolute Gasteiger partial charge is 0.427 e. The van der Waals surface area contributed by atoms with Crippen LogP contribution in [0.2, 0.25) is 0 Å². The molecule has 151 valence electrons. The summed E-state index contributed by atoms with van der Waals surface area (Å²) in [6, 6.07) is 0. The fourth-order valence-corrected chi connectivity index (χ4v) is 3.07. The zero-order valence-corrected chi connectivity index (χ0v) is 17.7. The van der Waals surface area contributed by atoms with Gasteiger partial charge in [-0.25, -0.2) is 0 Å². The van der Waals surface area contributed by atoms with Crippen molar-refractivity contribution in [1.29, 1.82) is 0 Å². The fourth-order valence-electron chi connectivity index (χ4n) is 3.07. The SMILES string of the molecule is C=C/C=C\C(CN)C1=CC(C2=CCCN=C2)CC([B]OC(C)(C)C(C)(C)O)=C1. The summed E-state index contributed by atoms with van der Waals surface area (Å²) in [5.41, 5.74) is 7.89. The average molecular weight is 381 g/mol. The predicted octanol–water partition coefficient (Wildman–Crippen LogP) is 3.72. The van der Waals surface area contributed by atoms with Crippen molar-refractivity contribution in [1.82, 2.24) is 0 Å². The molecule has 5 heteroatoms. The van der Waals surface area contributed by atoms with E-state index < -0.39 is 11.2 Å². The van der Waals surface area contributed by atoms with E-state index in [-0.39, 0.29) is 11.8 Å². The monoisotopic (exact) mass is 381 g/mol. The van der Waals surface area contributed by atoms with Crippen LogP contribution in [0.25, 0.3) is 0 Å². The van der Waals surface area contributed by atoms with Gasteiger partial charge in [0.2, 0.25) is 0 Å². The highest BCUT2D eigenvalue weighted by Gasteiger charge is 2.36. The van der Waals surface area contributed by atoms with E-state index in [2.05, 4.69) is 35.9 Å². The number of nitrogens with two attached hydrogens (primary N) is 1. The maximum atomic E-state index is 10.4. The maximum absolute atomic E-state index is 10.4. The van der Waals surface area contributed by atoms with E-state index in [1.165, 1.54) is 11.1 Å². The Bertz CT molecular complexity index is 709. The highest BCUT2D eigenvalue weighted by molar-refractivity contribution is 6.38. The molecular formula is C23H34BN2O2. The Morgan fingerprint density at radius 3 is 2.75 bits per heavy atom. The molecule has 1 heterocycles. The van der Waals surface area contributed by atoms with Crippen LogP contribution in [0.5, 0.6) is 0 Å². The lowest BCUT2D eigenvalue weighted by Gasteiger charge is -2.38. The van der Waals surface area contributed by atoms with Crippen molar-refractivity contribution in [3.8, 4) is 0 Å². The number of nitrogens with zero attached hydrogens (tertiary/aromatic N) is 1. The van der Waals surface area contributed by atoms with E-state index in [9.17, 15) is 5.11 Å².